The molecular weight excluding hydrogens is 264 g/mol. The molecule has 0 spiro atoms. The van der Waals surface area contributed by atoms with E-state index in [0.29, 0.717) is 0 Å². The highest BCUT2D eigenvalue weighted by atomic mass is 16.5. The summed E-state index contributed by atoms with van der Waals surface area (Å²) in [6.07, 6.45) is 1.08. The van der Waals surface area contributed by atoms with E-state index in [2.05, 4.69) is 42.6 Å². The lowest BCUT2D eigenvalue weighted by Crippen LogP contribution is -2.30. The van der Waals surface area contributed by atoms with Crippen LogP contribution in [-0.4, -0.2) is 54.8 Å². The largest absolute Gasteiger partial charge is 0.383 e. The lowest BCUT2D eigenvalue weighted by molar-refractivity contribution is 0.159. The molecule has 0 aliphatic carbocycles. The lowest BCUT2D eigenvalue weighted by atomic mass is 9.95. The predicted octanol–water partition coefficient (Wildman–Crippen LogP) is 1.40. The number of methoxy groups -OCH3 is 1. The summed E-state index contributed by atoms with van der Waals surface area (Å²) >= 11 is 0. The Labute approximate surface area is 128 Å². The average molecular weight is 294 g/mol. The summed E-state index contributed by atoms with van der Waals surface area (Å²) in [4.78, 5) is 7.24. The molecule has 1 aromatic heterocycles. The van der Waals surface area contributed by atoms with E-state index < -0.39 is 0 Å². The standard InChI is InChI=1S/C16H30N4O/c1-16(2,3)15-18-13-12-17-7-6-14(13)20(15)9-8-19(4)10-11-21-5/h17H,6-12H2,1-5H3. The first-order valence-electron chi connectivity index (χ1n) is 7.90. The van der Waals surface area contributed by atoms with E-state index >= 15 is 0 Å². The van der Waals surface area contributed by atoms with Gasteiger partial charge < -0.3 is 19.5 Å². The van der Waals surface area contributed by atoms with Crippen molar-refractivity contribution >= 4 is 0 Å². The number of likely N-dealkylation sites (N-methyl/N-ethyl adjacent to an activating group) is 1. The third kappa shape index (κ3) is 4.05. The number of ether oxygens (including phenoxy) is 1. The third-order valence-corrected chi connectivity index (χ3v) is 4.04. The minimum Gasteiger partial charge on any atom is -0.383 e. The van der Waals surface area contributed by atoms with Gasteiger partial charge in [-0.25, -0.2) is 4.98 Å². The zero-order chi connectivity index (χ0) is 15.5. The quantitative estimate of drug-likeness (QED) is 0.861. The first-order chi connectivity index (χ1) is 9.93. The Hall–Kier alpha value is -0.910. The van der Waals surface area contributed by atoms with E-state index in [1.165, 1.54) is 17.2 Å². The van der Waals surface area contributed by atoms with Crippen molar-refractivity contribution in [2.24, 2.45) is 0 Å². The molecular formula is C16H30N4O. The van der Waals surface area contributed by atoms with Crippen LogP contribution in [0.3, 0.4) is 0 Å². The van der Waals surface area contributed by atoms with Crippen LogP contribution in [0.1, 0.15) is 38.0 Å². The van der Waals surface area contributed by atoms with Gasteiger partial charge in [0.15, 0.2) is 0 Å². The fourth-order valence-electron chi connectivity index (χ4n) is 2.81. The highest BCUT2D eigenvalue weighted by Gasteiger charge is 2.26. The first-order valence-corrected chi connectivity index (χ1v) is 7.90. The van der Waals surface area contributed by atoms with Crippen molar-refractivity contribution in [3.05, 3.63) is 17.2 Å². The molecule has 0 aromatic carbocycles. The number of hydrogen-bond acceptors (Lipinski definition) is 4. The fourth-order valence-corrected chi connectivity index (χ4v) is 2.81. The Bertz CT molecular complexity index is 462. The highest BCUT2D eigenvalue weighted by Crippen LogP contribution is 2.26. The Morgan fingerprint density at radius 1 is 1.33 bits per heavy atom. The second-order valence-electron chi connectivity index (χ2n) is 6.95. The molecule has 0 saturated carbocycles. The molecule has 1 aromatic rings. The number of hydrogen-bond donors (Lipinski definition) is 1. The van der Waals surface area contributed by atoms with Gasteiger partial charge in [0, 0.05) is 57.4 Å². The highest BCUT2D eigenvalue weighted by molar-refractivity contribution is 5.23. The maximum atomic E-state index is 5.15. The Balaban J connectivity index is 2.14. The van der Waals surface area contributed by atoms with Gasteiger partial charge in [-0.05, 0) is 7.05 Å². The van der Waals surface area contributed by atoms with Crippen molar-refractivity contribution in [2.75, 3.05) is 40.4 Å². The molecule has 0 fully saturated rings. The van der Waals surface area contributed by atoms with Gasteiger partial charge in [0.1, 0.15) is 5.82 Å². The van der Waals surface area contributed by atoms with Crippen LogP contribution in [0.4, 0.5) is 0 Å². The first kappa shape index (κ1) is 16.5. The summed E-state index contributed by atoms with van der Waals surface area (Å²) in [5.74, 6) is 1.22. The Morgan fingerprint density at radius 3 is 2.76 bits per heavy atom. The maximum absolute atomic E-state index is 5.15. The molecule has 5 nitrogen and oxygen atoms in total. The summed E-state index contributed by atoms with van der Waals surface area (Å²) in [5.41, 5.74) is 2.76. The number of rotatable bonds is 6. The molecule has 1 aliphatic rings. The molecule has 2 heterocycles. The molecule has 5 heteroatoms. The van der Waals surface area contributed by atoms with E-state index in [0.717, 1.165) is 45.8 Å². The van der Waals surface area contributed by atoms with Gasteiger partial charge in [0.2, 0.25) is 0 Å². The molecule has 1 N–H and O–H groups in total. The molecule has 1 aliphatic heterocycles. The van der Waals surface area contributed by atoms with Crippen molar-refractivity contribution < 1.29 is 4.74 Å². The average Bonchev–Trinajstić information content (AvgIpc) is 2.81. The van der Waals surface area contributed by atoms with Gasteiger partial charge in [-0.3, -0.25) is 0 Å². The minimum absolute atomic E-state index is 0.0858. The summed E-state index contributed by atoms with van der Waals surface area (Å²) in [6.45, 7) is 12.5. The van der Waals surface area contributed by atoms with Gasteiger partial charge in [-0.2, -0.15) is 0 Å². The van der Waals surface area contributed by atoms with Gasteiger partial charge in [0.25, 0.3) is 0 Å². The SMILES string of the molecule is COCCN(C)CCn1c(C(C)(C)C)nc2c1CCNC2. The monoisotopic (exact) mass is 294 g/mol. The van der Waals surface area contributed by atoms with Crippen molar-refractivity contribution in [1.29, 1.82) is 0 Å². The fraction of sp³-hybridized carbons (Fsp3) is 0.812. The van der Waals surface area contributed by atoms with Crippen LogP contribution in [0, 0.1) is 0 Å². The number of fused-ring (bicyclic) bond motifs is 1. The van der Waals surface area contributed by atoms with E-state index in [1.54, 1.807) is 7.11 Å². The molecule has 0 radical (unpaired) electrons. The molecule has 21 heavy (non-hydrogen) atoms. The third-order valence-electron chi connectivity index (χ3n) is 4.04. The van der Waals surface area contributed by atoms with E-state index in [-0.39, 0.29) is 5.41 Å². The van der Waals surface area contributed by atoms with Crippen LogP contribution in [0.2, 0.25) is 0 Å². The summed E-state index contributed by atoms with van der Waals surface area (Å²) in [5, 5.41) is 3.42. The van der Waals surface area contributed by atoms with Gasteiger partial charge in [-0.15, -0.1) is 0 Å². The predicted molar refractivity (Wildman–Crippen MR) is 85.7 cm³/mol. The van der Waals surface area contributed by atoms with Gasteiger partial charge >= 0.3 is 0 Å². The van der Waals surface area contributed by atoms with Crippen LogP contribution in [0.5, 0.6) is 0 Å². The summed E-state index contributed by atoms with van der Waals surface area (Å²) < 4.78 is 7.61. The lowest BCUT2D eigenvalue weighted by Gasteiger charge is -2.24. The molecule has 0 atom stereocenters. The van der Waals surface area contributed by atoms with Crippen LogP contribution >= 0.6 is 0 Å². The molecule has 2 rings (SSSR count). The smallest absolute Gasteiger partial charge is 0.114 e. The molecule has 120 valence electrons. The van der Waals surface area contributed by atoms with E-state index in [9.17, 15) is 0 Å². The molecule has 0 unspecified atom stereocenters. The summed E-state index contributed by atoms with van der Waals surface area (Å²) in [6, 6.07) is 0. The van der Waals surface area contributed by atoms with Crippen LogP contribution in [-0.2, 0) is 29.7 Å². The van der Waals surface area contributed by atoms with Gasteiger partial charge in [-0.1, -0.05) is 20.8 Å². The Morgan fingerprint density at radius 2 is 2.10 bits per heavy atom. The molecule has 0 saturated heterocycles. The zero-order valence-electron chi connectivity index (χ0n) is 14.2. The van der Waals surface area contributed by atoms with Crippen LogP contribution < -0.4 is 5.32 Å². The minimum atomic E-state index is 0.0858. The molecule has 0 amide bonds. The van der Waals surface area contributed by atoms with Crippen molar-refractivity contribution in [2.45, 2.75) is 45.7 Å². The number of nitrogens with zero attached hydrogens (tertiary/aromatic N) is 3. The summed E-state index contributed by atoms with van der Waals surface area (Å²) in [7, 11) is 3.91. The van der Waals surface area contributed by atoms with Crippen molar-refractivity contribution in [3.63, 3.8) is 0 Å². The second-order valence-corrected chi connectivity index (χ2v) is 6.95. The van der Waals surface area contributed by atoms with E-state index in [1.807, 2.05) is 0 Å². The van der Waals surface area contributed by atoms with Gasteiger partial charge in [0.05, 0.1) is 12.3 Å². The zero-order valence-corrected chi connectivity index (χ0v) is 14.2. The number of nitrogens with one attached hydrogen (secondary N) is 1. The van der Waals surface area contributed by atoms with Crippen LogP contribution in [0.15, 0.2) is 0 Å². The van der Waals surface area contributed by atoms with Crippen molar-refractivity contribution in [3.8, 4) is 0 Å². The normalized spacial score (nSPS) is 15.5. The molecule has 0 bridgehead atoms. The van der Waals surface area contributed by atoms with Crippen LogP contribution in [0.25, 0.3) is 0 Å². The topological polar surface area (TPSA) is 42.3 Å². The van der Waals surface area contributed by atoms with Crippen molar-refractivity contribution in [1.82, 2.24) is 19.8 Å². The number of aromatic nitrogens is 2. The number of imidazole rings is 1. The maximum Gasteiger partial charge on any atom is 0.114 e. The Kier molecular flexibility index (Phi) is 5.41. The second kappa shape index (κ2) is 6.90. The van der Waals surface area contributed by atoms with E-state index in [4.69, 9.17) is 9.72 Å².